The third-order valence-corrected chi connectivity index (χ3v) is 12.8. The Balaban J connectivity index is 2.24. The zero-order valence-electron chi connectivity index (χ0n) is 39.9. The fourth-order valence-electron chi connectivity index (χ4n) is 8.50. The number of rotatable bonds is 44. The Labute approximate surface area is 379 Å². The lowest BCUT2D eigenvalue weighted by Gasteiger charge is -2.40. The highest BCUT2D eigenvalue weighted by Crippen LogP contribution is 2.23. The molecule has 1 heterocycles. The van der Waals surface area contributed by atoms with Crippen LogP contribution in [-0.2, 0) is 14.3 Å². The van der Waals surface area contributed by atoms with Crippen molar-refractivity contribution in [2.75, 3.05) is 13.2 Å². The number of aliphatic hydroxyl groups is 7. The van der Waals surface area contributed by atoms with Gasteiger partial charge in [0.2, 0.25) is 5.91 Å². The van der Waals surface area contributed by atoms with Crippen molar-refractivity contribution in [3.8, 4) is 0 Å². The maximum absolute atomic E-state index is 13.1. The van der Waals surface area contributed by atoms with Gasteiger partial charge in [-0.3, -0.25) is 4.79 Å². The molecule has 0 aromatic heterocycles. The molecule has 0 aromatic rings. The van der Waals surface area contributed by atoms with Crippen LogP contribution in [0.5, 0.6) is 0 Å². The number of hydrogen-bond acceptors (Lipinski definition) is 10. The SMILES string of the molecule is CCCCCC/C=C/CCCC(O)C(O)C(COC1OC(CO)C(O)C(O)C1O)NC(=O)C(O)CCCCCCCCCCCCCCCCCCCCCCCCCCCC. The van der Waals surface area contributed by atoms with Crippen molar-refractivity contribution < 1.29 is 50.0 Å². The summed E-state index contributed by atoms with van der Waals surface area (Å²) >= 11 is 0. The van der Waals surface area contributed by atoms with Crippen molar-refractivity contribution in [3.05, 3.63) is 12.2 Å². The molecule has 1 saturated heterocycles. The largest absolute Gasteiger partial charge is 0.394 e. The minimum Gasteiger partial charge on any atom is -0.394 e. The van der Waals surface area contributed by atoms with Crippen LogP contribution in [0.3, 0.4) is 0 Å². The Morgan fingerprint density at radius 1 is 0.548 bits per heavy atom. The molecule has 0 aliphatic carbocycles. The van der Waals surface area contributed by atoms with Crippen molar-refractivity contribution in [1.82, 2.24) is 5.32 Å². The first-order valence-corrected chi connectivity index (χ1v) is 26.1. The van der Waals surface area contributed by atoms with Crippen LogP contribution in [0, 0.1) is 0 Å². The monoisotopic (exact) mass is 886 g/mol. The van der Waals surface area contributed by atoms with E-state index in [0.717, 1.165) is 38.5 Å². The number of amides is 1. The average Bonchev–Trinajstić information content (AvgIpc) is 3.27. The molecule has 11 heteroatoms. The number of allylic oxidation sites excluding steroid dienone is 2. The molecule has 368 valence electrons. The highest BCUT2D eigenvalue weighted by Gasteiger charge is 2.44. The van der Waals surface area contributed by atoms with Gasteiger partial charge < -0.3 is 50.5 Å². The van der Waals surface area contributed by atoms with E-state index in [2.05, 4.69) is 31.3 Å². The first kappa shape index (κ1) is 58.9. The molecule has 0 spiro atoms. The summed E-state index contributed by atoms with van der Waals surface area (Å²) in [4.78, 5) is 13.1. The van der Waals surface area contributed by atoms with Crippen LogP contribution >= 0.6 is 0 Å². The van der Waals surface area contributed by atoms with Gasteiger partial charge in [0.05, 0.1) is 25.4 Å². The van der Waals surface area contributed by atoms with Crippen molar-refractivity contribution >= 4 is 5.91 Å². The van der Waals surface area contributed by atoms with Crippen LogP contribution in [0.15, 0.2) is 12.2 Å². The third-order valence-electron chi connectivity index (χ3n) is 12.8. The van der Waals surface area contributed by atoms with E-state index in [1.54, 1.807) is 0 Å². The quantitative estimate of drug-likeness (QED) is 0.0216. The van der Waals surface area contributed by atoms with Crippen molar-refractivity contribution in [3.63, 3.8) is 0 Å². The van der Waals surface area contributed by atoms with Gasteiger partial charge in [-0.05, 0) is 38.5 Å². The van der Waals surface area contributed by atoms with Crippen LogP contribution in [0.1, 0.15) is 239 Å². The van der Waals surface area contributed by atoms with Gasteiger partial charge in [-0.25, -0.2) is 0 Å². The molecule has 0 radical (unpaired) electrons. The minimum atomic E-state index is -1.66. The van der Waals surface area contributed by atoms with E-state index >= 15 is 0 Å². The van der Waals surface area contributed by atoms with Crippen LogP contribution < -0.4 is 5.32 Å². The van der Waals surface area contributed by atoms with Crippen LogP contribution in [-0.4, -0.2) is 110 Å². The summed E-state index contributed by atoms with van der Waals surface area (Å²) in [7, 11) is 0. The Morgan fingerprint density at radius 3 is 1.39 bits per heavy atom. The number of carbonyl (C=O) groups excluding carboxylic acids is 1. The molecule has 1 aliphatic heterocycles. The summed E-state index contributed by atoms with van der Waals surface area (Å²) in [5.41, 5.74) is 0. The van der Waals surface area contributed by atoms with E-state index in [-0.39, 0.29) is 12.8 Å². The van der Waals surface area contributed by atoms with E-state index < -0.39 is 74.2 Å². The highest BCUT2D eigenvalue weighted by atomic mass is 16.7. The Hall–Kier alpha value is -1.15. The summed E-state index contributed by atoms with van der Waals surface area (Å²) in [6, 6.07) is -1.18. The number of nitrogens with one attached hydrogen (secondary N) is 1. The fourth-order valence-corrected chi connectivity index (χ4v) is 8.50. The standard InChI is InChI=1S/C51H99NO10/c1-3-5-7-9-11-13-14-15-16-17-18-19-20-21-22-23-24-25-26-27-28-29-31-33-35-37-39-44(55)50(60)52-42(41-61-51-49(59)48(58)47(57)45(40-53)62-51)46(56)43(54)38-36-34-32-30-12-10-8-6-4-2/h30,32,42-49,51,53-59H,3-29,31,33-41H2,1-2H3,(H,52,60)/b32-30+. The normalized spacial score (nSPS) is 21.3. The van der Waals surface area contributed by atoms with Gasteiger partial charge in [0, 0.05) is 0 Å². The van der Waals surface area contributed by atoms with E-state index in [4.69, 9.17) is 9.47 Å². The average molecular weight is 886 g/mol. The second-order valence-electron chi connectivity index (χ2n) is 18.6. The zero-order chi connectivity index (χ0) is 45.5. The van der Waals surface area contributed by atoms with Gasteiger partial charge in [-0.1, -0.05) is 212 Å². The predicted octanol–water partition coefficient (Wildman–Crippen LogP) is 9.62. The molecule has 9 atom stereocenters. The fraction of sp³-hybridized carbons (Fsp3) is 0.941. The second-order valence-corrected chi connectivity index (χ2v) is 18.6. The smallest absolute Gasteiger partial charge is 0.249 e. The van der Waals surface area contributed by atoms with Crippen molar-refractivity contribution in [1.29, 1.82) is 0 Å². The molecule has 0 aromatic carbocycles. The van der Waals surface area contributed by atoms with Gasteiger partial charge in [0.15, 0.2) is 6.29 Å². The molecule has 0 bridgehead atoms. The van der Waals surface area contributed by atoms with Gasteiger partial charge in [-0.15, -0.1) is 0 Å². The molecule has 11 nitrogen and oxygen atoms in total. The van der Waals surface area contributed by atoms with Crippen LogP contribution in [0.4, 0.5) is 0 Å². The first-order valence-electron chi connectivity index (χ1n) is 26.1. The molecule has 62 heavy (non-hydrogen) atoms. The number of ether oxygens (including phenoxy) is 2. The van der Waals surface area contributed by atoms with E-state index in [1.807, 2.05) is 0 Å². The van der Waals surface area contributed by atoms with Crippen molar-refractivity contribution in [2.24, 2.45) is 0 Å². The second kappa shape index (κ2) is 41.3. The maximum Gasteiger partial charge on any atom is 0.249 e. The predicted molar refractivity (Wildman–Crippen MR) is 252 cm³/mol. The molecule has 1 amide bonds. The van der Waals surface area contributed by atoms with Gasteiger partial charge in [0.25, 0.3) is 0 Å². The van der Waals surface area contributed by atoms with E-state index in [9.17, 15) is 40.5 Å². The Bertz CT molecular complexity index is 1020. The molecule has 1 rings (SSSR count). The number of carbonyl (C=O) groups is 1. The Morgan fingerprint density at radius 2 is 0.952 bits per heavy atom. The molecular formula is C51H99NO10. The number of aliphatic hydroxyl groups excluding tert-OH is 7. The lowest BCUT2D eigenvalue weighted by molar-refractivity contribution is -0.303. The van der Waals surface area contributed by atoms with Gasteiger partial charge in [0.1, 0.15) is 36.6 Å². The molecular weight excluding hydrogens is 787 g/mol. The molecule has 1 fully saturated rings. The summed E-state index contributed by atoms with van der Waals surface area (Å²) < 4.78 is 11.1. The third kappa shape index (κ3) is 30.1. The highest BCUT2D eigenvalue weighted by molar-refractivity contribution is 5.80. The molecule has 1 aliphatic rings. The molecule has 8 N–H and O–H groups in total. The number of hydrogen-bond donors (Lipinski definition) is 8. The number of unbranched alkanes of at least 4 members (excludes halogenated alkanes) is 30. The topological polar surface area (TPSA) is 189 Å². The van der Waals surface area contributed by atoms with E-state index in [1.165, 1.54) is 161 Å². The van der Waals surface area contributed by atoms with Crippen molar-refractivity contribution in [2.45, 2.75) is 294 Å². The molecule has 0 saturated carbocycles. The Kier molecular flexibility index (Phi) is 39.2. The summed E-state index contributed by atoms with van der Waals surface area (Å²) in [6.45, 7) is 3.40. The van der Waals surface area contributed by atoms with Crippen LogP contribution in [0.2, 0.25) is 0 Å². The zero-order valence-corrected chi connectivity index (χ0v) is 39.9. The maximum atomic E-state index is 13.1. The lowest BCUT2D eigenvalue weighted by Crippen LogP contribution is -2.60. The van der Waals surface area contributed by atoms with Gasteiger partial charge >= 0.3 is 0 Å². The molecule has 9 unspecified atom stereocenters. The van der Waals surface area contributed by atoms with E-state index in [0.29, 0.717) is 12.8 Å². The first-order chi connectivity index (χ1) is 30.2. The van der Waals surface area contributed by atoms with Gasteiger partial charge in [-0.2, -0.15) is 0 Å². The lowest BCUT2D eigenvalue weighted by atomic mass is 9.98. The summed E-state index contributed by atoms with van der Waals surface area (Å²) in [5, 5.41) is 75.5. The minimum absolute atomic E-state index is 0.259. The summed E-state index contributed by atoms with van der Waals surface area (Å²) in [6.07, 6.45) is 34.5. The van der Waals surface area contributed by atoms with Crippen LogP contribution in [0.25, 0.3) is 0 Å². The summed E-state index contributed by atoms with van der Waals surface area (Å²) in [5.74, 6) is -0.704.